The van der Waals surface area contributed by atoms with Crippen LogP contribution in [0.1, 0.15) is 32.8 Å². The summed E-state index contributed by atoms with van der Waals surface area (Å²) in [4.78, 5) is 2.30. The summed E-state index contributed by atoms with van der Waals surface area (Å²) in [5.41, 5.74) is 2.41. The fraction of sp³-hybridized carbons (Fsp3) is 0.600. The lowest BCUT2D eigenvalue weighted by molar-refractivity contribution is 0.288. The second kappa shape index (κ2) is 8.41. The van der Waals surface area contributed by atoms with Crippen LogP contribution in [0.15, 0.2) is 18.2 Å². The molecule has 0 aliphatic heterocycles. The molecule has 1 rings (SSSR count). The molecule has 0 spiro atoms. The number of hydrogen-bond donors (Lipinski definition) is 2. The van der Waals surface area contributed by atoms with Crippen molar-refractivity contribution in [3.8, 4) is 0 Å². The van der Waals surface area contributed by atoms with Crippen LogP contribution in [0.5, 0.6) is 0 Å². The predicted molar refractivity (Wildman–Crippen MR) is 83.0 cm³/mol. The number of anilines is 1. The number of rotatable bonds is 8. The summed E-state index contributed by atoms with van der Waals surface area (Å²) >= 11 is 6.14. The molecule has 0 saturated heterocycles. The molecular weight excluding hydrogens is 260 g/mol. The Bertz CT molecular complexity index is 382. The van der Waals surface area contributed by atoms with Gasteiger partial charge in [0.25, 0.3) is 0 Å². The van der Waals surface area contributed by atoms with Crippen LogP contribution in [0, 0.1) is 0 Å². The molecule has 0 aliphatic carbocycles. The molecule has 0 fully saturated rings. The normalized spacial score (nSPS) is 11.1. The first-order valence-corrected chi connectivity index (χ1v) is 7.34. The summed E-state index contributed by atoms with van der Waals surface area (Å²) in [6.45, 7) is 9.26. The largest absolute Gasteiger partial charge is 0.396 e. The van der Waals surface area contributed by atoms with Crippen LogP contribution in [0.3, 0.4) is 0 Å². The summed E-state index contributed by atoms with van der Waals surface area (Å²) < 4.78 is 0. The summed E-state index contributed by atoms with van der Waals surface area (Å²) in [7, 11) is 0. The minimum absolute atomic E-state index is 0.215. The number of hydrogen-bond acceptors (Lipinski definition) is 3. The van der Waals surface area contributed by atoms with Crippen LogP contribution in [-0.4, -0.2) is 30.8 Å². The van der Waals surface area contributed by atoms with E-state index in [1.54, 1.807) is 0 Å². The lowest BCUT2D eigenvalue weighted by Gasteiger charge is -2.31. The van der Waals surface area contributed by atoms with Crippen molar-refractivity contribution < 1.29 is 5.11 Å². The van der Waals surface area contributed by atoms with E-state index < -0.39 is 0 Å². The van der Waals surface area contributed by atoms with Gasteiger partial charge in [-0.05, 0) is 44.5 Å². The van der Waals surface area contributed by atoms with Crippen molar-refractivity contribution >= 4 is 17.3 Å². The first kappa shape index (κ1) is 16.3. The zero-order chi connectivity index (χ0) is 14.3. The van der Waals surface area contributed by atoms with Crippen LogP contribution < -0.4 is 10.2 Å². The molecule has 0 bridgehead atoms. The maximum Gasteiger partial charge on any atom is 0.0447 e. The third-order valence-corrected chi connectivity index (χ3v) is 3.34. The monoisotopic (exact) mass is 284 g/mol. The molecule has 19 heavy (non-hydrogen) atoms. The zero-order valence-electron chi connectivity index (χ0n) is 12.1. The highest BCUT2D eigenvalue weighted by molar-refractivity contribution is 6.30. The third-order valence-electron chi connectivity index (χ3n) is 3.10. The highest BCUT2D eigenvalue weighted by atomic mass is 35.5. The van der Waals surface area contributed by atoms with E-state index in [2.05, 4.69) is 37.1 Å². The minimum Gasteiger partial charge on any atom is -0.396 e. The molecule has 0 unspecified atom stereocenters. The number of aliphatic hydroxyl groups is 1. The average Bonchev–Trinajstić information content (AvgIpc) is 2.38. The smallest absolute Gasteiger partial charge is 0.0447 e. The van der Waals surface area contributed by atoms with E-state index in [1.807, 2.05) is 12.1 Å². The van der Waals surface area contributed by atoms with Crippen molar-refractivity contribution in [1.82, 2.24) is 5.32 Å². The van der Waals surface area contributed by atoms with E-state index in [0.29, 0.717) is 6.04 Å². The van der Waals surface area contributed by atoms with Gasteiger partial charge in [-0.25, -0.2) is 0 Å². The van der Waals surface area contributed by atoms with Crippen LogP contribution in [0.4, 0.5) is 5.69 Å². The van der Waals surface area contributed by atoms with E-state index in [-0.39, 0.29) is 6.61 Å². The first-order valence-electron chi connectivity index (χ1n) is 6.96. The number of benzene rings is 1. The SMILES string of the molecule is CCNCc1ccc(Cl)cc1N(CCCO)C(C)C. The van der Waals surface area contributed by atoms with Gasteiger partial charge in [-0.1, -0.05) is 24.6 Å². The van der Waals surface area contributed by atoms with Gasteiger partial charge in [-0.3, -0.25) is 0 Å². The van der Waals surface area contributed by atoms with Crippen molar-refractivity contribution in [3.05, 3.63) is 28.8 Å². The predicted octanol–water partition coefficient (Wildman–Crippen LogP) is 3.05. The first-order chi connectivity index (χ1) is 9.10. The van der Waals surface area contributed by atoms with Crippen molar-refractivity contribution in [2.75, 3.05) is 24.6 Å². The minimum atomic E-state index is 0.215. The van der Waals surface area contributed by atoms with Gasteiger partial charge < -0.3 is 15.3 Å². The molecule has 0 aliphatic rings. The molecule has 1 aromatic carbocycles. The summed E-state index contributed by atoms with van der Waals surface area (Å²) in [5, 5.41) is 13.2. The Morgan fingerprint density at radius 3 is 2.68 bits per heavy atom. The van der Waals surface area contributed by atoms with Crippen LogP contribution in [0.2, 0.25) is 5.02 Å². The molecule has 0 heterocycles. The molecule has 0 aromatic heterocycles. The molecule has 2 N–H and O–H groups in total. The van der Waals surface area contributed by atoms with Gasteiger partial charge in [0.1, 0.15) is 0 Å². The molecule has 3 nitrogen and oxygen atoms in total. The van der Waals surface area contributed by atoms with E-state index in [1.165, 1.54) is 5.56 Å². The van der Waals surface area contributed by atoms with Gasteiger partial charge in [0.15, 0.2) is 0 Å². The summed E-state index contributed by atoms with van der Waals surface area (Å²) in [5.74, 6) is 0. The van der Waals surface area contributed by atoms with Crippen LogP contribution in [0.25, 0.3) is 0 Å². The molecular formula is C15H25ClN2O. The van der Waals surface area contributed by atoms with Gasteiger partial charge in [-0.2, -0.15) is 0 Å². The Labute approximate surface area is 121 Å². The molecule has 0 radical (unpaired) electrons. The zero-order valence-corrected chi connectivity index (χ0v) is 12.9. The third kappa shape index (κ3) is 5.01. The quantitative estimate of drug-likeness (QED) is 0.770. The lowest BCUT2D eigenvalue weighted by atomic mass is 10.1. The van der Waals surface area contributed by atoms with Gasteiger partial charge >= 0.3 is 0 Å². The van der Waals surface area contributed by atoms with Gasteiger partial charge in [0.2, 0.25) is 0 Å². The van der Waals surface area contributed by atoms with Crippen molar-refractivity contribution in [3.63, 3.8) is 0 Å². The maximum atomic E-state index is 9.04. The Hall–Kier alpha value is -0.770. The van der Waals surface area contributed by atoms with E-state index >= 15 is 0 Å². The van der Waals surface area contributed by atoms with Gasteiger partial charge in [-0.15, -0.1) is 0 Å². The average molecular weight is 285 g/mol. The lowest BCUT2D eigenvalue weighted by Crippen LogP contribution is -2.33. The van der Waals surface area contributed by atoms with Gasteiger partial charge in [0, 0.05) is 36.4 Å². The summed E-state index contributed by atoms with van der Waals surface area (Å²) in [6, 6.07) is 6.41. The number of aliphatic hydroxyl groups excluding tert-OH is 1. The molecule has 108 valence electrons. The standard InChI is InChI=1S/C15H25ClN2O/c1-4-17-11-13-6-7-14(16)10-15(13)18(12(2)3)8-5-9-19/h6-7,10,12,17,19H,4-5,8-9,11H2,1-3H3. The second-order valence-corrected chi connectivity index (χ2v) is 5.35. The van der Waals surface area contributed by atoms with Crippen molar-refractivity contribution in [2.24, 2.45) is 0 Å². The highest BCUT2D eigenvalue weighted by Gasteiger charge is 2.14. The molecule has 4 heteroatoms. The molecule has 0 saturated carbocycles. The fourth-order valence-corrected chi connectivity index (χ4v) is 2.28. The van der Waals surface area contributed by atoms with E-state index in [0.717, 1.165) is 36.8 Å². The van der Waals surface area contributed by atoms with E-state index in [4.69, 9.17) is 16.7 Å². The Morgan fingerprint density at radius 2 is 2.11 bits per heavy atom. The Morgan fingerprint density at radius 1 is 1.37 bits per heavy atom. The van der Waals surface area contributed by atoms with Crippen molar-refractivity contribution in [2.45, 2.75) is 39.8 Å². The Balaban J connectivity index is 3.00. The number of halogens is 1. The summed E-state index contributed by atoms with van der Waals surface area (Å²) in [6.07, 6.45) is 0.769. The Kier molecular flexibility index (Phi) is 7.21. The molecule has 0 atom stereocenters. The van der Waals surface area contributed by atoms with Gasteiger partial charge in [0.05, 0.1) is 0 Å². The van der Waals surface area contributed by atoms with Crippen molar-refractivity contribution in [1.29, 1.82) is 0 Å². The number of nitrogens with one attached hydrogen (secondary N) is 1. The highest BCUT2D eigenvalue weighted by Crippen LogP contribution is 2.27. The molecule has 1 aromatic rings. The molecule has 0 amide bonds. The fourth-order valence-electron chi connectivity index (χ4n) is 2.11. The van der Waals surface area contributed by atoms with E-state index in [9.17, 15) is 0 Å². The van der Waals surface area contributed by atoms with Crippen LogP contribution in [-0.2, 0) is 6.54 Å². The topological polar surface area (TPSA) is 35.5 Å². The second-order valence-electron chi connectivity index (χ2n) is 4.92. The van der Waals surface area contributed by atoms with Crippen LogP contribution >= 0.6 is 11.6 Å². The number of nitrogens with zero attached hydrogens (tertiary/aromatic N) is 1. The maximum absolute atomic E-state index is 9.04.